The molecular weight excluding hydrogens is 256 g/mol. The average molecular weight is 274 g/mol. The third kappa shape index (κ3) is 2.41. The molecule has 0 atom stereocenters. The topological polar surface area (TPSA) is 52.8 Å². The molecule has 0 radical (unpaired) electrons. The third-order valence-corrected chi connectivity index (χ3v) is 3.83. The summed E-state index contributed by atoms with van der Waals surface area (Å²) in [4.78, 5) is 16.4. The molecule has 1 saturated heterocycles. The van der Waals surface area contributed by atoms with Crippen LogP contribution in [0.25, 0.3) is 5.52 Å². The van der Waals surface area contributed by atoms with Gasteiger partial charge >= 0.3 is 5.97 Å². The van der Waals surface area contributed by atoms with Crippen molar-refractivity contribution in [2.24, 2.45) is 5.92 Å². The average Bonchev–Trinajstić information content (AvgIpc) is 2.91. The molecule has 0 aromatic carbocycles. The number of aromatic nitrogens is 2. The molecule has 20 heavy (non-hydrogen) atoms. The number of pyridine rings is 1. The molecule has 3 rings (SSSR count). The number of carbonyl (C=O) groups excluding carboxylic acids is 1. The number of nitrogens with zero attached hydrogens (tertiary/aromatic N) is 2. The first kappa shape index (κ1) is 13.1. The van der Waals surface area contributed by atoms with Crippen molar-refractivity contribution in [1.29, 1.82) is 0 Å². The summed E-state index contributed by atoms with van der Waals surface area (Å²) in [6.07, 6.45) is 4.78. The number of esters is 1. The van der Waals surface area contributed by atoms with E-state index < -0.39 is 0 Å². The van der Waals surface area contributed by atoms with Crippen molar-refractivity contribution >= 4 is 11.5 Å². The SMILES string of the molecule is COC(=O)c1cccc2cnc(CC3CCOCC3)n12. The van der Waals surface area contributed by atoms with Crippen molar-refractivity contribution < 1.29 is 14.3 Å². The van der Waals surface area contributed by atoms with Crippen molar-refractivity contribution in [2.75, 3.05) is 20.3 Å². The quantitative estimate of drug-likeness (QED) is 0.804. The fourth-order valence-corrected chi connectivity index (χ4v) is 2.73. The molecule has 1 aliphatic heterocycles. The Hall–Kier alpha value is -1.88. The van der Waals surface area contributed by atoms with Crippen LogP contribution >= 0.6 is 0 Å². The zero-order valence-electron chi connectivity index (χ0n) is 11.5. The molecular formula is C15H18N2O3. The number of fused-ring (bicyclic) bond motifs is 1. The molecule has 1 aliphatic rings. The maximum atomic E-state index is 11.9. The first-order valence-corrected chi connectivity index (χ1v) is 6.91. The number of ether oxygens (including phenoxy) is 2. The highest BCUT2D eigenvalue weighted by Gasteiger charge is 2.19. The molecule has 1 fully saturated rings. The summed E-state index contributed by atoms with van der Waals surface area (Å²) >= 11 is 0. The van der Waals surface area contributed by atoms with Gasteiger partial charge < -0.3 is 9.47 Å². The van der Waals surface area contributed by atoms with Gasteiger partial charge in [0.25, 0.3) is 0 Å². The Kier molecular flexibility index (Phi) is 3.69. The maximum absolute atomic E-state index is 11.9. The first-order chi connectivity index (χ1) is 9.79. The fourth-order valence-electron chi connectivity index (χ4n) is 2.73. The summed E-state index contributed by atoms with van der Waals surface area (Å²) in [5, 5.41) is 0. The normalized spacial score (nSPS) is 16.4. The van der Waals surface area contributed by atoms with E-state index >= 15 is 0 Å². The van der Waals surface area contributed by atoms with Crippen LogP contribution in [0, 0.1) is 5.92 Å². The van der Waals surface area contributed by atoms with Gasteiger partial charge in [0.2, 0.25) is 0 Å². The smallest absolute Gasteiger partial charge is 0.355 e. The van der Waals surface area contributed by atoms with Gasteiger partial charge in [-0.3, -0.25) is 4.40 Å². The highest BCUT2D eigenvalue weighted by Crippen LogP contribution is 2.21. The first-order valence-electron chi connectivity index (χ1n) is 6.91. The van der Waals surface area contributed by atoms with Crippen LogP contribution in [0.2, 0.25) is 0 Å². The van der Waals surface area contributed by atoms with E-state index in [9.17, 15) is 4.79 Å². The Morgan fingerprint density at radius 2 is 2.25 bits per heavy atom. The van der Waals surface area contributed by atoms with E-state index in [2.05, 4.69) is 4.98 Å². The minimum atomic E-state index is -0.332. The number of methoxy groups -OCH3 is 1. The van der Waals surface area contributed by atoms with E-state index in [-0.39, 0.29) is 5.97 Å². The molecule has 5 heteroatoms. The van der Waals surface area contributed by atoms with Gasteiger partial charge in [-0.05, 0) is 30.9 Å². The zero-order valence-corrected chi connectivity index (χ0v) is 11.5. The van der Waals surface area contributed by atoms with E-state index in [0.29, 0.717) is 11.6 Å². The zero-order chi connectivity index (χ0) is 13.9. The number of imidazole rings is 1. The largest absolute Gasteiger partial charge is 0.464 e. The summed E-state index contributed by atoms with van der Waals surface area (Å²) in [6, 6.07) is 5.57. The molecule has 0 spiro atoms. The van der Waals surface area contributed by atoms with Crippen molar-refractivity contribution in [3.8, 4) is 0 Å². The van der Waals surface area contributed by atoms with E-state index in [1.165, 1.54) is 7.11 Å². The van der Waals surface area contributed by atoms with E-state index in [4.69, 9.17) is 9.47 Å². The second kappa shape index (κ2) is 5.63. The van der Waals surface area contributed by atoms with Gasteiger partial charge in [0.05, 0.1) is 18.8 Å². The highest BCUT2D eigenvalue weighted by molar-refractivity contribution is 5.88. The second-order valence-electron chi connectivity index (χ2n) is 5.10. The summed E-state index contributed by atoms with van der Waals surface area (Å²) in [5.74, 6) is 1.16. The minimum absolute atomic E-state index is 0.332. The van der Waals surface area contributed by atoms with Crippen molar-refractivity contribution in [3.63, 3.8) is 0 Å². The van der Waals surface area contributed by atoms with Crippen LogP contribution in [0.15, 0.2) is 24.4 Å². The van der Waals surface area contributed by atoms with E-state index in [1.807, 2.05) is 16.5 Å². The molecule has 0 unspecified atom stereocenters. The predicted molar refractivity (Wildman–Crippen MR) is 73.8 cm³/mol. The van der Waals surface area contributed by atoms with Gasteiger partial charge in [-0.1, -0.05) is 6.07 Å². The van der Waals surface area contributed by atoms with Crippen LogP contribution in [-0.2, 0) is 15.9 Å². The van der Waals surface area contributed by atoms with E-state index in [1.54, 1.807) is 12.3 Å². The lowest BCUT2D eigenvalue weighted by atomic mass is 9.96. The number of carbonyl (C=O) groups is 1. The molecule has 2 aromatic heterocycles. The standard InChI is InChI=1S/C15H18N2O3/c1-19-15(18)13-4-2-3-12-10-16-14(17(12)13)9-11-5-7-20-8-6-11/h2-4,10-11H,5-9H2,1H3. The minimum Gasteiger partial charge on any atom is -0.464 e. The highest BCUT2D eigenvalue weighted by atomic mass is 16.5. The monoisotopic (exact) mass is 274 g/mol. The fraction of sp³-hybridized carbons (Fsp3) is 0.467. The Morgan fingerprint density at radius 1 is 1.45 bits per heavy atom. The van der Waals surface area contributed by atoms with Crippen molar-refractivity contribution in [3.05, 3.63) is 35.9 Å². The van der Waals surface area contributed by atoms with Crippen LogP contribution in [0.4, 0.5) is 0 Å². The summed E-state index contributed by atoms with van der Waals surface area (Å²) < 4.78 is 12.1. The molecule has 2 aromatic rings. The predicted octanol–water partition coefficient (Wildman–Crippen LogP) is 2.09. The molecule has 106 valence electrons. The van der Waals surface area contributed by atoms with Gasteiger partial charge in [-0.2, -0.15) is 0 Å². The van der Waals surface area contributed by atoms with Gasteiger partial charge in [-0.15, -0.1) is 0 Å². The molecule has 0 aliphatic carbocycles. The van der Waals surface area contributed by atoms with E-state index in [0.717, 1.165) is 43.8 Å². The lowest BCUT2D eigenvalue weighted by molar-refractivity contribution is 0.0588. The van der Waals surface area contributed by atoms with Gasteiger partial charge in [0, 0.05) is 19.6 Å². The Labute approximate surface area is 117 Å². The second-order valence-corrected chi connectivity index (χ2v) is 5.10. The van der Waals surface area contributed by atoms with Crippen LogP contribution in [0.5, 0.6) is 0 Å². The van der Waals surface area contributed by atoms with Crippen LogP contribution in [0.3, 0.4) is 0 Å². The van der Waals surface area contributed by atoms with Gasteiger partial charge in [0.1, 0.15) is 11.5 Å². The van der Waals surface area contributed by atoms with Crippen LogP contribution < -0.4 is 0 Å². The molecule has 5 nitrogen and oxygen atoms in total. The summed E-state index contributed by atoms with van der Waals surface area (Å²) in [7, 11) is 1.40. The lowest BCUT2D eigenvalue weighted by Crippen LogP contribution is -2.19. The number of rotatable bonds is 3. The summed E-state index contributed by atoms with van der Waals surface area (Å²) in [6.45, 7) is 1.63. The summed E-state index contributed by atoms with van der Waals surface area (Å²) in [5.41, 5.74) is 1.46. The molecule has 0 saturated carbocycles. The van der Waals surface area contributed by atoms with Crippen molar-refractivity contribution in [2.45, 2.75) is 19.3 Å². The Balaban J connectivity index is 1.96. The van der Waals surface area contributed by atoms with Crippen LogP contribution in [0.1, 0.15) is 29.2 Å². The molecule has 3 heterocycles. The number of hydrogen-bond acceptors (Lipinski definition) is 4. The Bertz CT molecular complexity index is 615. The van der Waals surface area contributed by atoms with Crippen molar-refractivity contribution in [1.82, 2.24) is 9.38 Å². The van der Waals surface area contributed by atoms with Gasteiger partial charge in [-0.25, -0.2) is 9.78 Å². The Morgan fingerprint density at radius 3 is 3.00 bits per heavy atom. The molecule has 0 amide bonds. The molecule has 0 bridgehead atoms. The number of hydrogen-bond donors (Lipinski definition) is 0. The lowest BCUT2D eigenvalue weighted by Gasteiger charge is -2.21. The van der Waals surface area contributed by atoms with Gasteiger partial charge in [0.15, 0.2) is 0 Å². The third-order valence-electron chi connectivity index (χ3n) is 3.83. The maximum Gasteiger partial charge on any atom is 0.355 e. The molecule has 0 N–H and O–H groups in total. The van der Waals surface area contributed by atoms with Crippen LogP contribution in [-0.4, -0.2) is 35.7 Å².